The lowest BCUT2D eigenvalue weighted by atomic mass is 10.2. The molecule has 0 unspecified atom stereocenters. The van der Waals surface area contributed by atoms with Crippen molar-refractivity contribution in [2.45, 2.75) is 0 Å². The Kier molecular flexibility index (Phi) is 4.19. The normalized spacial score (nSPS) is 10.3. The fraction of sp³-hybridized carbons (Fsp3) is 0.0625. The topological polar surface area (TPSA) is 89.2 Å². The van der Waals surface area contributed by atoms with Crippen molar-refractivity contribution < 1.29 is 14.0 Å². The van der Waals surface area contributed by atoms with E-state index in [0.717, 1.165) is 5.69 Å². The predicted molar refractivity (Wildman–Crippen MR) is 83.2 cm³/mol. The summed E-state index contributed by atoms with van der Waals surface area (Å²) >= 11 is 0. The summed E-state index contributed by atoms with van der Waals surface area (Å²) in [6.07, 6.45) is 6.21. The van der Waals surface area contributed by atoms with Crippen LogP contribution in [0.1, 0.15) is 10.4 Å². The van der Waals surface area contributed by atoms with Crippen molar-refractivity contribution >= 4 is 17.5 Å². The molecule has 0 saturated heterocycles. The molecule has 3 rings (SSSR count). The second-order valence-corrected chi connectivity index (χ2v) is 4.74. The van der Waals surface area contributed by atoms with Gasteiger partial charge in [0.25, 0.3) is 5.91 Å². The van der Waals surface area contributed by atoms with Crippen molar-refractivity contribution in [2.75, 3.05) is 11.9 Å². The summed E-state index contributed by atoms with van der Waals surface area (Å²) in [5.74, 6) is -0.682. The van der Waals surface area contributed by atoms with E-state index in [1.807, 2.05) is 24.4 Å². The van der Waals surface area contributed by atoms with Crippen LogP contribution in [0, 0.1) is 0 Å². The molecular formula is C16H14N4O3. The number of carbonyl (C=O) groups excluding carboxylic acids is 2. The predicted octanol–water partition coefficient (Wildman–Crippen LogP) is 1.83. The van der Waals surface area contributed by atoms with Crippen LogP contribution in [0.2, 0.25) is 0 Å². The molecule has 23 heavy (non-hydrogen) atoms. The summed E-state index contributed by atoms with van der Waals surface area (Å²) in [6, 6.07) is 10.6. The van der Waals surface area contributed by atoms with E-state index in [-0.39, 0.29) is 18.4 Å². The third-order valence-corrected chi connectivity index (χ3v) is 3.09. The summed E-state index contributed by atoms with van der Waals surface area (Å²) in [6.45, 7) is -0.129. The molecule has 0 aliphatic carbocycles. The van der Waals surface area contributed by atoms with Crippen molar-refractivity contribution in [3.8, 4) is 5.69 Å². The van der Waals surface area contributed by atoms with Gasteiger partial charge >= 0.3 is 0 Å². The van der Waals surface area contributed by atoms with Gasteiger partial charge in [0.15, 0.2) is 0 Å². The number of nitrogens with one attached hydrogen (secondary N) is 2. The minimum absolute atomic E-state index is 0.129. The highest BCUT2D eigenvalue weighted by Crippen LogP contribution is 2.13. The fourth-order valence-electron chi connectivity index (χ4n) is 2.01. The van der Waals surface area contributed by atoms with Crippen LogP contribution in [-0.2, 0) is 4.79 Å². The highest BCUT2D eigenvalue weighted by atomic mass is 16.3. The van der Waals surface area contributed by atoms with Gasteiger partial charge in [-0.3, -0.25) is 9.59 Å². The van der Waals surface area contributed by atoms with E-state index in [1.54, 1.807) is 23.0 Å². The summed E-state index contributed by atoms with van der Waals surface area (Å²) in [5, 5.41) is 9.38. The lowest BCUT2D eigenvalue weighted by Crippen LogP contribution is -2.32. The molecule has 2 aromatic heterocycles. The van der Waals surface area contributed by atoms with Crippen LogP contribution in [0.15, 0.2) is 65.7 Å². The first kappa shape index (κ1) is 14.6. The summed E-state index contributed by atoms with van der Waals surface area (Å²) in [7, 11) is 0. The van der Waals surface area contributed by atoms with Crippen LogP contribution in [0.5, 0.6) is 0 Å². The zero-order valence-corrected chi connectivity index (χ0v) is 12.1. The number of nitrogens with zero attached hydrogens (tertiary/aromatic N) is 2. The van der Waals surface area contributed by atoms with Crippen LogP contribution in [0.3, 0.4) is 0 Å². The Morgan fingerprint density at radius 2 is 2.13 bits per heavy atom. The van der Waals surface area contributed by atoms with Crippen molar-refractivity contribution in [3.63, 3.8) is 0 Å². The molecule has 0 aliphatic rings. The van der Waals surface area contributed by atoms with Crippen molar-refractivity contribution in [2.24, 2.45) is 0 Å². The van der Waals surface area contributed by atoms with Crippen LogP contribution < -0.4 is 10.6 Å². The Balaban J connectivity index is 1.58. The van der Waals surface area contributed by atoms with Gasteiger partial charge in [-0.25, -0.2) is 4.68 Å². The van der Waals surface area contributed by atoms with Crippen LogP contribution in [-0.4, -0.2) is 28.1 Å². The minimum atomic E-state index is -0.362. The molecule has 0 radical (unpaired) electrons. The second-order valence-electron chi connectivity index (χ2n) is 4.74. The zero-order chi connectivity index (χ0) is 16.1. The molecule has 116 valence electrons. The SMILES string of the molecule is O=C(CNC(=O)c1ccoc1)Nc1cccc(-n2cccn2)c1. The number of aromatic nitrogens is 2. The molecule has 2 N–H and O–H groups in total. The standard InChI is InChI=1S/C16H14N4O3/c21-15(10-17-16(22)12-5-8-23-11-12)19-13-3-1-4-14(9-13)20-7-2-6-18-20/h1-9,11H,10H2,(H,17,22)(H,19,21). The molecule has 1 aromatic carbocycles. The first-order chi connectivity index (χ1) is 11.2. The Labute approximate surface area is 131 Å². The molecule has 0 fully saturated rings. The van der Waals surface area contributed by atoms with Gasteiger partial charge in [0.2, 0.25) is 5.91 Å². The maximum atomic E-state index is 11.9. The average Bonchev–Trinajstić information content (AvgIpc) is 3.25. The molecule has 0 saturated carbocycles. The lowest BCUT2D eigenvalue weighted by Gasteiger charge is -2.08. The highest BCUT2D eigenvalue weighted by molar-refractivity contribution is 5.99. The maximum absolute atomic E-state index is 11.9. The van der Waals surface area contributed by atoms with Crippen LogP contribution in [0.4, 0.5) is 5.69 Å². The van der Waals surface area contributed by atoms with Crippen molar-refractivity contribution in [1.29, 1.82) is 0 Å². The fourth-order valence-corrected chi connectivity index (χ4v) is 2.01. The van der Waals surface area contributed by atoms with E-state index in [1.165, 1.54) is 18.6 Å². The van der Waals surface area contributed by atoms with Gasteiger partial charge in [-0.1, -0.05) is 6.07 Å². The van der Waals surface area contributed by atoms with Gasteiger partial charge in [0, 0.05) is 18.1 Å². The number of rotatable bonds is 5. The van der Waals surface area contributed by atoms with Crippen molar-refractivity contribution in [3.05, 3.63) is 66.9 Å². The summed E-state index contributed by atoms with van der Waals surface area (Å²) in [5.41, 5.74) is 1.83. The molecule has 3 aromatic rings. The quantitative estimate of drug-likeness (QED) is 0.752. The maximum Gasteiger partial charge on any atom is 0.254 e. The third kappa shape index (κ3) is 3.65. The second kappa shape index (κ2) is 6.61. The zero-order valence-electron chi connectivity index (χ0n) is 12.1. The number of anilines is 1. The first-order valence-corrected chi connectivity index (χ1v) is 6.93. The molecule has 7 nitrogen and oxygen atoms in total. The first-order valence-electron chi connectivity index (χ1n) is 6.93. The third-order valence-electron chi connectivity index (χ3n) is 3.09. The molecular weight excluding hydrogens is 296 g/mol. The number of furan rings is 1. The number of benzene rings is 1. The van der Waals surface area contributed by atoms with Gasteiger partial charge in [0.05, 0.1) is 24.1 Å². The van der Waals surface area contributed by atoms with E-state index < -0.39 is 0 Å². The van der Waals surface area contributed by atoms with Crippen LogP contribution in [0.25, 0.3) is 5.69 Å². The Bertz CT molecular complexity index is 795. The van der Waals surface area contributed by atoms with E-state index >= 15 is 0 Å². The molecule has 0 spiro atoms. The number of amides is 2. The van der Waals surface area contributed by atoms with Gasteiger partial charge in [0.1, 0.15) is 6.26 Å². The Morgan fingerprint density at radius 1 is 1.22 bits per heavy atom. The summed E-state index contributed by atoms with van der Waals surface area (Å²) in [4.78, 5) is 23.6. The molecule has 0 aliphatic heterocycles. The molecule has 7 heteroatoms. The number of hydrogen-bond acceptors (Lipinski definition) is 4. The average molecular weight is 310 g/mol. The van der Waals surface area contributed by atoms with E-state index in [4.69, 9.17) is 4.42 Å². The van der Waals surface area contributed by atoms with Crippen LogP contribution >= 0.6 is 0 Å². The van der Waals surface area contributed by atoms with E-state index in [0.29, 0.717) is 11.3 Å². The number of hydrogen-bond donors (Lipinski definition) is 2. The molecule has 0 bridgehead atoms. The monoisotopic (exact) mass is 310 g/mol. The molecule has 2 heterocycles. The Morgan fingerprint density at radius 3 is 2.87 bits per heavy atom. The van der Waals surface area contributed by atoms with Gasteiger partial charge in [-0.15, -0.1) is 0 Å². The molecule has 0 atom stereocenters. The van der Waals surface area contributed by atoms with E-state index in [9.17, 15) is 9.59 Å². The largest absolute Gasteiger partial charge is 0.472 e. The lowest BCUT2D eigenvalue weighted by molar-refractivity contribution is -0.115. The minimum Gasteiger partial charge on any atom is -0.472 e. The Hall–Kier alpha value is -3.35. The van der Waals surface area contributed by atoms with Gasteiger partial charge in [-0.2, -0.15) is 5.10 Å². The molecule has 2 amide bonds. The van der Waals surface area contributed by atoms with Gasteiger partial charge < -0.3 is 15.1 Å². The highest BCUT2D eigenvalue weighted by Gasteiger charge is 2.09. The summed E-state index contributed by atoms with van der Waals surface area (Å²) < 4.78 is 6.51. The number of carbonyl (C=O) groups is 2. The van der Waals surface area contributed by atoms with Gasteiger partial charge in [-0.05, 0) is 30.3 Å². The smallest absolute Gasteiger partial charge is 0.254 e. The van der Waals surface area contributed by atoms with E-state index in [2.05, 4.69) is 15.7 Å². The van der Waals surface area contributed by atoms with Crippen molar-refractivity contribution in [1.82, 2.24) is 15.1 Å².